The van der Waals surface area contributed by atoms with Crippen molar-refractivity contribution in [3.63, 3.8) is 0 Å². The molecule has 0 saturated carbocycles. The summed E-state index contributed by atoms with van der Waals surface area (Å²) in [6.07, 6.45) is 3.70. The fourth-order valence-corrected chi connectivity index (χ4v) is 2.00. The van der Waals surface area contributed by atoms with Crippen LogP contribution in [0.4, 0.5) is 4.79 Å². The summed E-state index contributed by atoms with van der Waals surface area (Å²) < 4.78 is 0. The van der Waals surface area contributed by atoms with E-state index >= 15 is 0 Å². The van der Waals surface area contributed by atoms with Gasteiger partial charge in [-0.3, -0.25) is 4.79 Å². The maximum Gasteiger partial charge on any atom is 0.317 e. The van der Waals surface area contributed by atoms with Gasteiger partial charge in [-0.25, -0.2) is 4.79 Å². The lowest BCUT2D eigenvalue weighted by molar-refractivity contribution is -0.137. The number of nitrogens with zero attached hydrogens (tertiary/aromatic N) is 1. The number of carboxylic acid groups (broad SMARTS) is 1. The zero-order chi connectivity index (χ0) is 12.7. The first-order chi connectivity index (χ1) is 8.09. The van der Waals surface area contributed by atoms with E-state index in [2.05, 4.69) is 12.2 Å². The lowest BCUT2D eigenvalue weighted by atomic mass is 10.2. The Hall–Kier alpha value is -1.26. The first-order valence-corrected chi connectivity index (χ1v) is 6.34. The molecule has 98 valence electrons. The number of nitrogens with one attached hydrogen (secondary N) is 1. The number of unbranched alkanes of at least 4 members (excludes halogenated alkanes) is 2. The van der Waals surface area contributed by atoms with Gasteiger partial charge in [0.15, 0.2) is 0 Å². The van der Waals surface area contributed by atoms with Gasteiger partial charge in [0, 0.05) is 26.1 Å². The SMILES string of the molecule is CC1CCN(C(=O)NCCCCCC(=O)O)C1. The number of carboxylic acids is 1. The molecule has 0 aromatic carbocycles. The third kappa shape index (κ3) is 5.56. The van der Waals surface area contributed by atoms with Crippen molar-refractivity contribution in [1.29, 1.82) is 0 Å². The Morgan fingerprint density at radius 3 is 2.71 bits per heavy atom. The number of likely N-dealkylation sites (tertiary alicyclic amines) is 1. The van der Waals surface area contributed by atoms with Gasteiger partial charge in [-0.15, -0.1) is 0 Å². The molecule has 0 aliphatic carbocycles. The minimum absolute atomic E-state index is 0.0209. The van der Waals surface area contributed by atoms with Crippen LogP contribution in [0.2, 0.25) is 0 Å². The number of carbonyl (C=O) groups excluding carboxylic acids is 1. The van der Waals surface area contributed by atoms with Crippen LogP contribution in [-0.2, 0) is 4.79 Å². The van der Waals surface area contributed by atoms with Gasteiger partial charge in [0.2, 0.25) is 0 Å². The molecule has 1 unspecified atom stereocenters. The first kappa shape index (κ1) is 13.8. The van der Waals surface area contributed by atoms with E-state index in [4.69, 9.17) is 5.11 Å². The normalized spacial score (nSPS) is 19.4. The van der Waals surface area contributed by atoms with E-state index < -0.39 is 5.97 Å². The summed E-state index contributed by atoms with van der Waals surface area (Å²) in [5.41, 5.74) is 0. The number of hydrogen-bond donors (Lipinski definition) is 2. The Balaban J connectivity index is 1.99. The van der Waals surface area contributed by atoms with E-state index in [-0.39, 0.29) is 12.5 Å². The van der Waals surface area contributed by atoms with Crippen LogP contribution >= 0.6 is 0 Å². The number of aliphatic carboxylic acids is 1. The summed E-state index contributed by atoms with van der Waals surface area (Å²) in [5.74, 6) is -0.142. The van der Waals surface area contributed by atoms with Crippen molar-refractivity contribution in [1.82, 2.24) is 10.2 Å². The minimum atomic E-state index is -0.750. The molecule has 5 nitrogen and oxygen atoms in total. The highest BCUT2D eigenvalue weighted by Gasteiger charge is 2.22. The molecule has 1 fully saturated rings. The lowest BCUT2D eigenvalue weighted by Gasteiger charge is -2.16. The fourth-order valence-electron chi connectivity index (χ4n) is 2.00. The molecule has 1 heterocycles. The second-order valence-electron chi connectivity index (χ2n) is 4.78. The monoisotopic (exact) mass is 242 g/mol. The van der Waals surface area contributed by atoms with Gasteiger partial charge in [-0.05, 0) is 25.2 Å². The molecule has 1 aliphatic rings. The van der Waals surface area contributed by atoms with Gasteiger partial charge in [-0.2, -0.15) is 0 Å². The second-order valence-corrected chi connectivity index (χ2v) is 4.78. The van der Waals surface area contributed by atoms with Gasteiger partial charge in [0.05, 0.1) is 0 Å². The molecule has 2 N–H and O–H groups in total. The van der Waals surface area contributed by atoms with E-state index in [0.717, 1.165) is 32.4 Å². The van der Waals surface area contributed by atoms with Gasteiger partial charge in [-0.1, -0.05) is 13.3 Å². The average molecular weight is 242 g/mol. The molecule has 5 heteroatoms. The van der Waals surface area contributed by atoms with Crippen molar-refractivity contribution in [2.24, 2.45) is 5.92 Å². The largest absolute Gasteiger partial charge is 0.481 e. The van der Waals surface area contributed by atoms with E-state index in [0.29, 0.717) is 18.9 Å². The van der Waals surface area contributed by atoms with Gasteiger partial charge < -0.3 is 15.3 Å². The fraction of sp³-hybridized carbons (Fsp3) is 0.833. The van der Waals surface area contributed by atoms with Crippen molar-refractivity contribution >= 4 is 12.0 Å². The lowest BCUT2D eigenvalue weighted by Crippen LogP contribution is -2.38. The molecule has 0 spiro atoms. The summed E-state index contributed by atoms with van der Waals surface area (Å²) in [4.78, 5) is 23.8. The molecule has 1 aliphatic heterocycles. The number of carbonyl (C=O) groups is 2. The van der Waals surface area contributed by atoms with E-state index in [9.17, 15) is 9.59 Å². The predicted octanol–water partition coefficient (Wildman–Crippen LogP) is 1.68. The summed E-state index contributed by atoms with van der Waals surface area (Å²) >= 11 is 0. The predicted molar refractivity (Wildman–Crippen MR) is 64.9 cm³/mol. The van der Waals surface area contributed by atoms with Crippen molar-refractivity contribution < 1.29 is 14.7 Å². The zero-order valence-corrected chi connectivity index (χ0v) is 10.4. The Bertz CT molecular complexity index is 268. The van der Waals surface area contributed by atoms with Crippen LogP contribution < -0.4 is 5.32 Å². The second kappa shape index (κ2) is 7.14. The number of rotatable bonds is 6. The molecule has 0 aromatic rings. The molecule has 0 aromatic heterocycles. The van der Waals surface area contributed by atoms with Crippen LogP contribution in [-0.4, -0.2) is 41.6 Å². The van der Waals surface area contributed by atoms with Crippen LogP contribution in [0.5, 0.6) is 0 Å². The standard InChI is InChI=1S/C12H22N2O3/c1-10-6-8-14(9-10)12(17)13-7-4-2-3-5-11(15)16/h10H,2-9H2,1H3,(H,13,17)(H,15,16). The van der Waals surface area contributed by atoms with E-state index in [1.54, 1.807) is 0 Å². The average Bonchev–Trinajstić information content (AvgIpc) is 2.69. The molecule has 0 radical (unpaired) electrons. The van der Waals surface area contributed by atoms with Crippen LogP contribution in [0.25, 0.3) is 0 Å². The molecule has 2 amide bonds. The molecule has 1 atom stereocenters. The topological polar surface area (TPSA) is 69.6 Å². The summed E-state index contributed by atoms with van der Waals surface area (Å²) in [6.45, 7) is 4.50. The highest BCUT2D eigenvalue weighted by atomic mass is 16.4. The van der Waals surface area contributed by atoms with E-state index in [1.165, 1.54) is 0 Å². The number of hydrogen-bond acceptors (Lipinski definition) is 2. The van der Waals surface area contributed by atoms with Gasteiger partial charge >= 0.3 is 12.0 Å². The van der Waals surface area contributed by atoms with Crippen LogP contribution in [0, 0.1) is 5.92 Å². The highest BCUT2D eigenvalue weighted by molar-refractivity contribution is 5.74. The molecule has 1 saturated heterocycles. The maximum atomic E-state index is 11.7. The third-order valence-corrected chi connectivity index (χ3v) is 3.05. The first-order valence-electron chi connectivity index (χ1n) is 6.34. The smallest absolute Gasteiger partial charge is 0.317 e. The third-order valence-electron chi connectivity index (χ3n) is 3.05. The Kier molecular flexibility index (Phi) is 5.80. The molecular weight excluding hydrogens is 220 g/mol. The van der Waals surface area contributed by atoms with Crippen LogP contribution in [0.15, 0.2) is 0 Å². The van der Waals surface area contributed by atoms with E-state index in [1.807, 2.05) is 4.90 Å². The van der Waals surface area contributed by atoms with Crippen molar-refractivity contribution in [2.45, 2.75) is 39.0 Å². The zero-order valence-electron chi connectivity index (χ0n) is 10.4. The Morgan fingerprint density at radius 1 is 1.35 bits per heavy atom. The molecule has 0 bridgehead atoms. The molecular formula is C12H22N2O3. The van der Waals surface area contributed by atoms with Gasteiger partial charge in [0.25, 0.3) is 0 Å². The summed E-state index contributed by atoms with van der Waals surface area (Å²) in [5, 5.41) is 11.3. The molecule has 1 rings (SSSR count). The highest BCUT2D eigenvalue weighted by Crippen LogP contribution is 2.14. The minimum Gasteiger partial charge on any atom is -0.481 e. The number of amides is 2. The molecule has 17 heavy (non-hydrogen) atoms. The van der Waals surface area contributed by atoms with Crippen molar-refractivity contribution in [2.75, 3.05) is 19.6 Å². The Labute approximate surface area is 102 Å². The maximum absolute atomic E-state index is 11.7. The summed E-state index contributed by atoms with van der Waals surface area (Å²) in [7, 11) is 0. The Morgan fingerprint density at radius 2 is 2.12 bits per heavy atom. The summed E-state index contributed by atoms with van der Waals surface area (Å²) in [6, 6.07) is 0.0209. The van der Waals surface area contributed by atoms with Gasteiger partial charge in [0.1, 0.15) is 0 Å². The van der Waals surface area contributed by atoms with Crippen LogP contribution in [0.3, 0.4) is 0 Å². The van der Waals surface area contributed by atoms with Crippen LogP contribution in [0.1, 0.15) is 39.0 Å². The van der Waals surface area contributed by atoms with Crippen molar-refractivity contribution in [3.05, 3.63) is 0 Å². The number of urea groups is 1. The van der Waals surface area contributed by atoms with Crippen molar-refractivity contribution in [3.8, 4) is 0 Å². The quantitative estimate of drug-likeness (QED) is 0.696.